The average molecular weight is 341 g/mol. The highest BCUT2D eigenvalue weighted by atomic mass is 16.3. The van der Waals surface area contributed by atoms with E-state index in [0.29, 0.717) is 29.6 Å². The highest BCUT2D eigenvalue weighted by molar-refractivity contribution is 5.25. The number of fused-ring (bicyclic) bond motifs is 5. The molecule has 25 heavy (non-hydrogen) atoms. The van der Waals surface area contributed by atoms with Gasteiger partial charge in [0.15, 0.2) is 0 Å². The smallest absolute Gasteiger partial charge is 0.130 e. The number of rotatable bonds is 0. The summed E-state index contributed by atoms with van der Waals surface area (Å²) in [7, 11) is 0. The fourth-order valence-corrected chi connectivity index (χ4v) is 8.00. The lowest BCUT2D eigenvalue weighted by molar-refractivity contribution is -0.137. The number of terminal acetylenes is 2. The molecule has 0 amide bonds. The van der Waals surface area contributed by atoms with Gasteiger partial charge in [0.25, 0.3) is 0 Å². The molecule has 0 aromatic carbocycles. The van der Waals surface area contributed by atoms with Crippen molar-refractivity contribution in [3.63, 3.8) is 0 Å². The molecule has 0 radical (unpaired) electrons. The minimum absolute atomic E-state index is 0.122. The monoisotopic (exact) mass is 340 g/mol. The summed E-state index contributed by atoms with van der Waals surface area (Å²) in [4.78, 5) is 0. The third kappa shape index (κ3) is 2.02. The maximum atomic E-state index is 11.1. The van der Waals surface area contributed by atoms with Crippen molar-refractivity contribution in [1.82, 2.24) is 0 Å². The Kier molecular flexibility index (Phi) is 3.53. The Bertz CT molecular complexity index is 671. The maximum absolute atomic E-state index is 11.1. The van der Waals surface area contributed by atoms with E-state index in [2.05, 4.69) is 32.6 Å². The third-order valence-electron chi connectivity index (χ3n) is 9.34. The summed E-state index contributed by atoms with van der Waals surface area (Å²) in [5.74, 6) is 8.23. The molecule has 0 heterocycles. The first-order valence-corrected chi connectivity index (χ1v) is 10.0. The molecule has 0 bridgehead atoms. The third-order valence-corrected chi connectivity index (χ3v) is 9.34. The minimum Gasteiger partial charge on any atom is -0.378 e. The quantitative estimate of drug-likeness (QED) is 0.661. The van der Waals surface area contributed by atoms with Gasteiger partial charge < -0.3 is 10.2 Å². The molecule has 0 aromatic heterocycles. The van der Waals surface area contributed by atoms with Crippen LogP contribution in [0.25, 0.3) is 0 Å². The molecular formula is C23H32O2. The fourth-order valence-electron chi connectivity index (χ4n) is 8.00. The van der Waals surface area contributed by atoms with Crippen molar-refractivity contribution in [1.29, 1.82) is 0 Å². The maximum Gasteiger partial charge on any atom is 0.130 e. The molecule has 4 aliphatic carbocycles. The summed E-state index contributed by atoms with van der Waals surface area (Å²) in [6, 6.07) is 0. The van der Waals surface area contributed by atoms with Gasteiger partial charge in [-0.15, -0.1) is 12.8 Å². The topological polar surface area (TPSA) is 40.5 Å². The van der Waals surface area contributed by atoms with Gasteiger partial charge in [-0.1, -0.05) is 32.6 Å². The van der Waals surface area contributed by atoms with Gasteiger partial charge in [-0.3, -0.25) is 0 Å². The normalized spacial score (nSPS) is 60.0. The Morgan fingerprint density at radius 3 is 2.32 bits per heavy atom. The van der Waals surface area contributed by atoms with E-state index in [1.54, 1.807) is 0 Å². The molecule has 136 valence electrons. The zero-order valence-corrected chi connectivity index (χ0v) is 15.9. The van der Waals surface area contributed by atoms with Crippen molar-refractivity contribution in [3.8, 4) is 24.7 Å². The first kappa shape index (κ1) is 17.5. The predicted molar refractivity (Wildman–Crippen MR) is 99.2 cm³/mol. The first-order valence-electron chi connectivity index (χ1n) is 10.0. The van der Waals surface area contributed by atoms with E-state index >= 15 is 0 Å². The molecule has 4 fully saturated rings. The van der Waals surface area contributed by atoms with E-state index in [1.165, 1.54) is 0 Å². The average Bonchev–Trinajstić information content (AvgIpc) is 2.99. The lowest BCUT2D eigenvalue weighted by Crippen LogP contribution is -2.56. The standard InChI is InChI=1S/C23H32O2/c1-6-22(24)13-16-12-15(3)19-17(20(16,4)14-22)8-10-21(5)18(19)9-11-23(21,25)7-2/h1-2,15-19,24-25H,8-14H2,3-5H3/t15-,16+,17+,18+,19?,20+,21+,22-,23+/m1/s1. The lowest BCUT2D eigenvalue weighted by atomic mass is 9.45. The Morgan fingerprint density at radius 1 is 1.00 bits per heavy atom. The summed E-state index contributed by atoms with van der Waals surface area (Å²) in [5.41, 5.74) is -1.92. The number of aliphatic hydroxyl groups is 2. The van der Waals surface area contributed by atoms with Crippen molar-refractivity contribution >= 4 is 0 Å². The van der Waals surface area contributed by atoms with Crippen molar-refractivity contribution in [2.45, 2.75) is 76.9 Å². The highest BCUT2D eigenvalue weighted by Crippen LogP contribution is 2.70. The van der Waals surface area contributed by atoms with Gasteiger partial charge in [-0.25, -0.2) is 0 Å². The van der Waals surface area contributed by atoms with Crippen LogP contribution in [0.2, 0.25) is 0 Å². The summed E-state index contributed by atoms with van der Waals surface area (Å²) < 4.78 is 0. The second kappa shape index (κ2) is 5.06. The second-order valence-electron chi connectivity index (χ2n) is 10.3. The molecule has 0 aliphatic heterocycles. The van der Waals surface area contributed by atoms with Gasteiger partial charge in [0.2, 0.25) is 0 Å². The van der Waals surface area contributed by atoms with Gasteiger partial charge in [-0.2, -0.15) is 0 Å². The van der Waals surface area contributed by atoms with Crippen LogP contribution in [-0.4, -0.2) is 21.4 Å². The molecule has 4 aliphatic rings. The molecule has 2 heteroatoms. The van der Waals surface area contributed by atoms with Crippen LogP contribution in [0, 0.1) is 65.1 Å². The highest BCUT2D eigenvalue weighted by Gasteiger charge is 2.67. The molecule has 9 atom stereocenters. The van der Waals surface area contributed by atoms with Crippen LogP contribution in [-0.2, 0) is 0 Å². The molecule has 2 nitrogen and oxygen atoms in total. The van der Waals surface area contributed by atoms with Gasteiger partial charge >= 0.3 is 0 Å². The molecule has 2 N–H and O–H groups in total. The molecule has 4 rings (SSSR count). The van der Waals surface area contributed by atoms with Crippen LogP contribution in [0.3, 0.4) is 0 Å². The largest absolute Gasteiger partial charge is 0.378 e. The van der Waals surface area contributed by atoms with E-state index in [0.717, 1.165) is 44.9 Å². The van der Waals surface area contributed by atoms with Crippen molar-refractivity contribution < 1.29 is 10.2 Å². The lowest BCUT2D eigenvalue weighted by Gasteiger charge is -2.60. The minimum atomic E-state index is -0.949. The zero-order chi connectivity index (χ0) is 18.3. The SMILES string of the molecule is C#C[C@@]1(O)C[C@@H]2C[C@@H](C)C3[C@H](CC[C@@]4(C)[C@H]3CC[C@@]4(O)C#C)[C@@]2(C)C1. The Labute approximate surface area is 152 Å². The summed E-state index contributed by atoms with van der Waals surface area (Å²) in [5, 5.41) is 21.9. The summed E-state index contributed by atoms with van der Waals surface area (Å²) >= 11 is 0. The Hall–Kier alpha value is -0.960. The van der Waals surface area contributed by atoms with Crippen LogP contribution in [0.15, 0.2) is 0 Å². The van der Waals surface area contributed by atoms with Crippen LogP contribution in [0.4, 0.5) is 0 Å². The molecule has 0 saturated heterocycles. The van der Waals surface area contributed by atoms with Crippen LogP contribution >= 0.6 is 0 Å². The van der Waals surface area contributed by atoms with E-state index in [-0.39, 0.29) is 10.8 Å². The summed E-state index contributed by atoms with van der Waals surface area (Å²) in [6.45, 7) is 6.99. The van der Waals surface area contributed by atoms with Gasteiger partial charge in [-0.05, 0) is 80.0 Å². The first-order chi connectivity index (χ1) is 11.6. The number of hydrogen-bond acceptors (Lipinski definition) is 2. The molecule has 1 unspecified atom stereocenters. The van der Waals surface area contributed by atoms with Crippen LogP contribution < -0.4 is 0 Å². The molecule has 0 spiro atoms. The van der Waals surface area contributed by atoms with Gasteiger partial charge in [0.05, 0.1) is 0 Å². The van der Waals surface area contributed by atoms with E-state index in [9.17, 15) is 10.2 Å². The van der Waals surface area contributed by atoms with Gasteiger partial charge in [0.1, 0.15) is 11.2 Å². The number of hydrogen-bond donors (Lipinski definition) is 2. The molecule has 0 aromatic rings. The van der Waals surface area contributed by atoms with E-state index in [4.69, 9.17) is 12.8 Å². The predicted octanol–water partition coefficient (Wildman–Crippen LogP) is 3.61. The van der Waals surface area contributed by atoms with Crippen LogP contribution in [0.1, 0.15) is 65.7 Å². The van der Waals surface area contributed by atoms with Crippen molar-refractivity contribution in [2.24, 2.45) is 40.4 Å². The molecular weight excluding hydrogens is 308 g/mol. The van der Waals surface area contributed by atoms with Crippen molar-refractivity contribution in [3.05, 3.63) is 0 Å². The molecule has 4 saturated carbocycles. The summed E-state index contributed by atoms with van der Waals surface area (Å²) in [6.07, 6.45) is 17.9. The fraction of sp³-hybridized carbons (Fsp3) is 0.826. The van der Waals surface area contributed by atoms with E-state index in [1.807, 2.05) is 0 Å². The second-order valence-corrected chi connectivity index (χ2v) is 10.3. The van der Waals surface area contributed by atoms with E-state index < -0.39 is 11.2 Å². The Balaban J connectivity index is 1.72. The van der Waals surface area contributed by atoms with Gasteiger partial charge in [0, 0.05) is 5.41 Å². The van der Waals surface area contributed by atoms with Crippen molar-refractivity contribution in [2.75, 3.05) is 0 Å². The zero-order valence-electron chi connectivity index (χ0n) is 15.9. The Morgan fingerprint density at radius 2 is 1.68 bits per heavy atom. The van der Waals surface area contributed by atoms with Crippen LogP contribution in [0.5, 0.6) is 0 Å².